The fraction of sp³-hybridized carbons (Fsp3) is 0.400. The lowest BCUT2D eigenvalue weighted by Gasteiger charge is -2.36. The molecule has 0 radical (unpaired) electrons. The van der Waals surface area contributed by atoms with Crippen molar-refractivity contribution in [2.75, 3.05) is 13.1 Å². The third-order valence-corrected chi connectivity index (χ3v) is 4.92. The molecular weight excluding hydrogens is 304 g/mol. The van der Waals surface area contributed by atoms with Gasteiger partial charge in [0.05, 0.1) is 12.6 Å². The van der Waals surface area contributed by atoms with Gasteiger partial charge in [-0.3, -0.25) is 0 Å². The third-order valence-electron chi connectivity index (χ3n) is 3.49. The predicted octanol–water partition coefficient (Wildman–Crippen LogP) is 3.48. The Morgan fingerprint density at radius 2 is 2.14 bits per heavy atom. The molecule has 1 aliphatic heterocycles. The molecule has 0 saturated carbocycles. The summed E-state index contributed by atoms with van der Waals surface area (Å²) in [5, 5.41) is 11.2. The molecule has 4 nitrogen and oxygen atoms in total. The van der Waals surface area contributed by atoms with E-state index in [9.17, 15) is 4.79 Å². The molecule has 3 rings (SSSR count). The number of ether oxygens (including phenoxy) is 1. The average molecular weight is 322 g/mol. The minimum absolute atomic E-state index is 0.0171. The Morgan fingerprint density at radius 3 is 2.86 bits per heavy atom. The number of rotatable bonds is 3. The average Bonchev–Trinajstić information content (AvgIpc) is 3.17. The van der Waals surface area contributed by atoms with Crippen LogP contribution in [0.4, 0.5) is 4.79 Å². The molecule has 0 spiro atoms. The van der Waals surface area contributed by atoms with Crippen molar-refractivity contribution < 1.29 is 9.53 Å². The molecule has 21 heavy (non-hydrogen) atoms. The summed E-state index contributed by atoms with van der Waals surface area (Å²) in [6.07, 6.45) is 0.0300. The van der Waals surface area contributed by atoms with E-state index in [1.54, 1.807) is 22.7 Å². The number of carbonyl (C=O) groups excluding carboxylic acids is 1. The van der Waals surface area contributed by atoms with Crippen LogP contribution in [0.3, 0.4) is 0 Å². The lowest BCUT2D eigenvalue weighted by Crippen LogP contribution is -2.49. The van der Waals surface area contributed by atoms with Gasteiger partial charge in [-0.2, -0.15) is 22.7 Å². The van der Waals surface area contributed by atoms with E-state index in [1.807, 2.05) is 28.7 Å². The maximum Gasteiger partial charge on any atom is 0.317 e. The first kappa shape index (κ1) is 14.6. The second kappa shape index (κ2) is 6.60. The minimum Gasteiger partial charge on any atom is -0.367 e. The normalized spacial score (nSPS) is 22.2. The third kappa shape index (κ3) is 3.64. The molecule has 6 heteroatoms. The highest BCUT2D eigenvalue weighted by molar-refractivity contribution is 7.08. The standard InChI is InChI=1S/C15H18N2O2S2/c1-11-7-17(8-14(19-11)13-3-5-21-10-13)15(18)16-6-12-2-4-20-9-12/h2-5,9-11,14H,6-8H2,1H3,(H,16,18)/t11-,14-/m0/s1. The van der Waals surface area contributed by atoms with Crippen LogP contribution in [0.1, 0.15) is 24.2 Å². The van der Waals surface area contributed by atoms with Gasteiger partial charge in [0.2, 0.25) is 0 Å². The summed E-state index contributed by atoms with van der Waals surface area (Å²) in [6, 6.07) is 4.08. The second-order valence-electron chi connectivity index (χ2n) is 5.19. The largest absolute Gasteiger partial charge is 0.367 e. The summed E-state index contributed by atoms with van der Waals surface area (Å²) in [4.78, 5) is 14.2. The number of urea groups is 1. The molecule has 2 amide bonds. The van der Waals surface area contributed by atoms with Gasteiger partial charge in [-0.1, -0.05) is 0 Å². The van der Waals surface area contributed by atoms with Gasteiger partial charge in [0.15, 0.2) is 0 Å². The maximum atomic E-state index is 12.3. The Balaban J connectivity index is 1.60. The van der Waals surface area contributed by atoms with Gasteiger partial charge >= 0.3 is 6.03 Å². The topological polar surface area (TPSA) is 41.6 Å². The number of thiophene rings is 2. The van der Waals surface area contributed by atoms with Gasteiger partial charge in [-0.25, -0.2) is 4.79 Å². The Bertz CT molecular complexity index is 569. The SMILES string of the molecule is C[C@H]1CN(C(=O)NCc2ccsc2)C[C@@H](c2ccsc2)O1. The van der Waals surface area contributed by atoms with Crippen molar-refractivity contribution in [2.24, 2.45) is 0 Å². The molecule has 112 valence electrons. The summed E-state index contributed by atoms with van der Waals surface area (Å²) < 4.78 is 5.95. The van der Waals surface area contributed by atoms with E-state index in [1.165, 1.54) is 0 Å². The predicted molar refractivity (Wildman–Crippen MR) is 85.7 cm³/mol. The highest BCUT2D eigenvalue weighted by atomic mass is 32.1. The highest BCUT2D eigenvalue weighted by Crippen LogP contribution is 2.26. The van der Waals surface area contributed by atoms with Gasteiger partial charge in [0, 0.05) is 13.1 Å². The Kier molecular flexibility index (Phi) is 4.57. The van der Waals surface area contributed by atoms with Crippen molar-refractivity contribution in [1.82, 2.24) is 10.2 Å². The van der Waals surface area contributed by atoms with Crippen LogP contribution in [0, 0.1) is 0 Å². The lowest BCUT2D eigenvalue weighted by molar-refractivity contribution is -0.0655. The first-order valence-electron chi connectivity index (χ1n) is 6.94. The molecular formula is C15H18N2O2S2. The van der Waals surface area contributed by atoms with E-state index < -0.39 is 0 Å². The summed E-state index contributed by atoms with van der Waals surface area (Å²) in [6.45, 7) is 3.83. The molecule has 0 aliphatic carbocycles. The van der Waals surface area contributed by atoms with Crippen LogP contribution in [0.15, 0.2) is 33.7 Å². The zero-order valence-corrected chi connectivity index (χ0v) is 13.5. The second-order valence-corrected chi connectivity index (χ2v) is 6.75. The number of morpholine rings is 1. The molecule has 0 bridgehead atoms. The van der Waals surface area contributed by atoms with Crippen molar-refractivity contribution >= 4 is 28.7 Å². The van der Waals surface area contributed by atoms with Crippen LogP contribution in [-0.4, -0.2) is 30.1 Å². The van der Waals surface area contributed by atoms with E-state index in [-0.39, 0.29) is 18.2 Å². The molecule has 2 aromatic rings. The quantitative estimate of drug-likeness (QED) is 0.940. The molecule has 3 heterocycles. The number of carbonyl (C=O) groups is 1. The number of amides is 2. The molecule has 0 aromatic carbocycles. The number of hydrogen-bond donors (Lipinski definition) is 1. The van der Waals surface area contributed by atoms with E-state index in [0.29, 0.717) is 19.6 Å². The zero-order valence-electron chi connectivity index (χ0n) is 11.8. The maximum absolute atomic E-state index is 12.3. The van der Waals surface area contributed by atoms with Crippen molar-refractivity contribution in [3.63, 3.8) is 0 Å². The van der Waals surface area contributed by atoms with Crippen molar-refractivity contribution in [2.45, 2.75) is 25.7 Å². The Morgan fingerprint density at radius 1 is 1.33 bits per heavy atom. The summed E-state index contributed by atoms with van der Waals surface area (Å²) in [7, 11) is 0. The first-order valence-corrected chi connectivity index (χ1v) is 8.82. The Labute approximate surface area is 132 Å². The highest BCUT2D eigenvalue weighted by Gasteiger charge is 2.29. The number of nitrogens with one attached hydrogen (secondary N) is 1. The van der Waals surface area contributed by atoms with Gasteiger partial charge in [0.1, 0.15) is 6.10 Å². The van der Waals surface area contributed by atoms with Crippen LogP contribution < -0.4 is 5.32 Å². The van der Waals surface area contributed by atoms with Crippen LogP contribution in [-0.2, 0) is 11.3 Å². The summed E-state index contributed by atoms with van der Waals surface area (Å²) >= 11 is 3.30. The smallest absolute Gasteiger partial charge is 0.317 e. The van der Waals surface area contributed by atoms with E-state index >= 15 is 0 Å². The van der Waals surface area contributed by atoms with Gasteiger partial charge in [0.25, 0.3) is 0 Å². The van der Waals surface area contributed by atoms with E-state index in [0.717, 1.165) is 11.1 Å². The van der Waals surface area contributed by atoms with Crippen LogP contribution >= 0.6 is 22.7 Å². The van der Waals surface area contributed by atoms with E-state index in [4.69, 9.17) is 4.74 Å². The molecule has 0 unspecified atom stereocenters. The monoisotopic (exact) mass is 322 g/mol. The summed E-state index contributed by atoms with van der Waals surface area (Å²) in [5.74, 6) is 0. The Hall–Kier alpha value is -1.37. The van der Waals surface area contributed by atoms with Gasteiger partial charge in [-0.05, 0) is 51.7 Å². The molecule has 1 N–H and O–H groups in total. The molecule has 1 saturated heterocycles. The fourth-order valence-electron chi connectivity index (χ4n) is 2.44. The van der Waals surface area contributed by atoms with Crippen LogP contribution in [0.5, 0.6) is 0 Å². The number of hydrogen-bond acceptors (Lipinski definition) is 4. The lowest BCUT2D eigenvalue weighted by atomic mass is 10.1. The van der Waals surface area contributed by atoms with Crippen molar-refractivity contribution in [3.05, 3.63) is 44.8 Å². The van der Waals surface area contributed by atoms with Gasteiger partial charge < -0.3 is 15.0 Å². The molecule has 2 atom stereocenters. The van der Waals surface area contributed by atoms with Crippen molar-refractivity contribution in [1.29, 1.82) is 0 Å². The molecule has 1 aliphatic rings. The van der Waals surface area contributed by atoms with Gasteiger partial charge in [-0.15, -0.1) is 0 Å². The zero-order chi connectivity index (χ0) is 14.7. The van der Waals surface area contributed by atoms with E-state index in [2.05, 4.69) is 22.1 Å². The fourth-order valence-corrected chi connectivity index (χ4v) is 3.81. The molecule has 1 fully saturated rings. The first-order chi connectivity index (χ1) is 10.2. The van der Waals surface area contributed by atoms with Crippen LogP contribution in [0.2, 0.25) is 0 Å². The number of nitrogens with zero attached hydrogens (tertiary/aromatic N) is 1. The van der Waals surface area contributed by atoms with Crippen molar-refractivity contribution in [3.8, 4) is 0 Å². The summed E-state index contributed by atoms with van der Waals surface area (Å²) in [5.41, 5.74) is 2.30. The molecule has 2 aromatic heterocycles. The minimum atomic E-state index is -0.0214. The van der Waals surface area contributed by atoms with Crippen LogP contribution in [0.25, 0.3) is 0 Å².